The Labute approximate surface area is 178 Å². The van der Waals surface area contributed by atoms with Gasteiger partial charge in [-0.2, -0.15) is 0 Å². The zero-order valence-electron chi connectivity index (χ0n) is 19.2. The molecule has 0 bridgehead atoms. The van der Waals surface area contributed by atoms with Crippen LogP contribution in [0.25, 0.3) is 0 Å². The Morgan fingerprint density at radius 1 is 0.933 bits per heavy atom. The molecule has 2 amide bonds. The number of alkyl carbamates (subject to hydrolysis) is 1. The number of carbonyl (C=O) groups is 4. The second-order valence-electron chi connectivity index (χ2n) is 9.07. The van der Waals surface area contributed by atoms with Gasteiger partial charge in [-0.05, 0) is 55.0 Å². The zero-order valence-corrected chi connectivity index (χ0v) is 19.2. The molecule has 0 saturated carbocycles. The molecular formula is C20H37N3O7. The minimum atomic E-state index is -1.02. The van der Waals surface area contributed by atoms with Crippen LogP contribution in [-0.2, 0) is 23.9 Å². The molecule has 0 aliphatic carbocycles. The van der Waals surface area contributed by atoms with Gasteiger partial charge in [0.15, 0.2) is 0 Å². The molecule has 0 aliphatic heterocycles. The van der Waals surface area contributed by atoms with E-state index in [9.17, 15) is 19.2 Å². The summed E-state index contributed by atoms with van der Waals surface area (Å²) >= 11 is 0. The minimum absolute atomic E-state index is 0.00144. The summed E-state index contributed by atoms with van der Waals surface area (Å²) in [7, 11) is 1.76. The molecule has 0 aromatic rings. The number of aliphatic carboxylic acids is 1. The largest absolute Gasteiger partial charge is 0.481 e. The number of hydrogen-bond acceptors (Lipinski definition) is 7. The van der Waals surface area contributed by atoms with Crippen LogP contribution < -0.4 is 10.6 Å². The summed E-state index contributed by atoms with van der Waals surface area (Å²) in [6.45, 7) is 11.5. The average molecular weight is 432 g/mol. The van der Waals surface area contributed by atoms with Crippen LogP contribution in [0, 0.1) is 0 Å². The van der Waals surface area contributed by atoms with Crippen LogP contribution in [0.3, 0.4) is 0 Å². The summed E-state index contributed by atoms with van der Waals surface area (Å²) in [5.41, 5.74) is -1.47. The number of nitrogens with zero attached hydrogens (tertiary/aromatic N) is 1. The number of carboxylic acid groups (broad SMARTS) is 1. The van der Waals surface area contributed by atoms with Crippen molar-refractivity contribution in [2.24, 2.45) is 0 Å². The van der Waals surface area contributed by atoms with Gasteiger partial charge < -0.3 is 30.1 Å². The molecule has 0 unspecified atom stereocenters. The van der Waals surface area contributed by atoms with Gasteiger partial charge in [-0.3, -0.25) is 9.59 Å². The van der Waals surface area contributed by atoms with Gasteiger partial charge in [0.05, 0.1) is 6.42 Å². The quantitative estimate of drug-likeness (QED) is 0.419. The van der Waals surface area contributed by atoms with Crippen molar-refractivity contribution in [1.29, 1.82) is 0 Å². The lowest BCUT2D eigenvalue weighted by molar-refractivity contribution is -0.157. The molecule has 0 fully saturated rings. The van der Waals surface area contributed by atoms with Gasteiger partial charge in [0.1, 0.15) is 17.2 Å². The lowest BCUT2D eigenvalue weighted by Gasteiger charge is -2.26. The van der Waals surface area contributed by atoms with Crippen molar-refractivity contribution in [3.8, 4) is 0 Å². The fraction of sp³-hybridized carbons (Fsp3) is 0.800. The summed E-state index contributed by atoms with van der Waals surface area (Å²) in [6.07, 6.45) is -0.690. The van der Waals surface area contributed by atoms with Crippen LogP contribution in [0.2, 0.25) is 0 Å². The maximum Gasteiger partial charge on any atom is 0.408 e. The Kier molecular flexibility index (Phi) is 11.4. The van der Waals surface area contributed by atoms with E-state index in [1.54, 1.807) is 53.5 Å². The van der Waals surface area contributed by atoms with E-state index in [2.05, 4.69) is 10.6 Å². The normalized spacial score (nSPS) is 12.8. The van der Waals surface area contributed by atoms with Gasteiger partial charge in [-0.15, -0.1) is 0 Å². The Morgan fingerprint density at radius 3 is 2.00 bits per heavy atom. The molecule has 0 rings (SSSR count). The summed E-state index contributed by atoms with van der Waals surface area (Å²) in [5.74, 6) is -1.81. The van der Waals surface area contributed by atoms with Gasteiger partial charge in [0.2, 0.25) is 5.91 Å². The first-order valence-corrected chi connectivity index (χ1v) is 9.98. The van der Waals surface area contributed by atoms with Crippen LogP contribution in [0.1, 0.15) is 60.8 Å². The first kappa shape index (κ1) is 27.6. The number of carboxylic acids is 1. The molecule has 0 saturated heterocycles. The van der Waals surface area contributed by atoms with Crippen molar-refractivity contribution in [2.75, 3.05) is 26.7 Å². The Hall–Kier alpha value is -2.36. The van der Waals surface area contributed by atoms with Crippen LogP contribution in [0.4, 0.5) is 4.79 Å². The van der Waals surface area contributed by atoms with Crippen molar-refractivity contribution < 1.29 is 33.8 Å². The van der Waals surface area contributed by atoms with E-state index in [0.29, 0.717) is 19.6 Å². The first-order chi connectivity index (χ1) is 13.6. The van der Waals surface area contributed by atoms with E-state index in [1.165, 1.54) is 0 Å². The maximum absolute atomic E-state index is 12.4. The van der Waals surface area contributed by atoms with E-state index < -0.39 is 35.3 Å². The molecule has 0 heterocycles. The molecule has 0 aromatic heterocycles. The second-order valence-corrected chi connectivity index (χ2v) is 9.07. The lowest BCUT2D eigenvalue weighted by Crippen LogP contribution is -2.46. The van der Waals surface area contributed by atoms with Crippen LogP contribution in [0.15, 0.2) is 0 Å². The third-order valence-corrected chi connectivity index (χ3v) is 3.57. The standard InChI is InChI=1S/C20H37N3O7/c1-19(2,3)29-17(27)14(22-18(28)30-20(4,5)6)8-9-15(24)21-11-13-23(7)12-10-16(25)26/h14H,8-13H2,1-7H3,(H,21,24)(H,22,28)(H,25,26)/t14-/m0/s1. The predicted molar refractivity (Wildman–Crippen MR) is 111 cm³/mol. The smallest absolute Gasteiger partial charge is 0.408 e. The topological polar surface area (TPSA) is 134 Å². The fourth-order valence-electron chi connectivity index (χ4n) is 2.22. The molecule has 10 heteroatoms. The molecule has 30 heavy (non-hydrogen) atoms. The minimum Gasteiger partial charge on any atom is -0.481 e. The highest BCUT2D eigenvalue weighted by Gasteiger charge is 2.29. The molecule has 0 aromatic carbocycles. The third kappa shape index (κ3) is 15.5. The number of esters is 1. The first-order valence-electron chi connectivity index (χ1n) is 9.98. The highest BCUT2D eigenvalue weighted by molar-refractivity contribution is 5.83. The van der Waals surface area contributed by atoms with E-state index in [-0.39, 0.29) is 25.2 Å². The SMILES string of the molecule is CN(CCNC(=O)CC[C@H](NC(=O)OC(C)(C)C)C(=O)OC(C)(C)C)CCC(=O)O. The van der Waals surface area contributed by atoms with E-state index in [0.717, 1.165) is 0 Å². The molecular weight excluding hydrogens is 394 g/mol. The molecule has 174 valence electrons. The summed E-state index contributed by atoms with van der Waals surface area (Å²) < 4.78 is 10.5. The molecule has 10 nitrogen and oxygen atoms in total. The molecule has 0 radical (unpaired) electrons. The number of likely N-dealkylation sites (N-methyl/N-ethyl adjacent to an activating group) is 1. The Morgan fingerprint density at radius 2 is 1.50 bits per heavy atom. The van der Waals surface area contributed by atoms with Crippen molar-refractivity contribution in [3.05, 3.63) is 0 Å². The van der Waals surface area contributed by atoms with Gasteiger partial charge in [0.25, 0.3) is 0 Å². The number of amides is 2. The zero-order chi connectivity index (χ0) is 23.5. The van der Waals surface area contributed by atoms with Crippen LogP contribution in [-0.4, -0.2) is 77.9 Å². The Bertz CT molecular complexity index is 594. The highest BCUT2D eigenvalue weighted by atomic mass is 16.6. The van der Waals surface area contributed by atoms with E-state index in [4.69, 9.17) is 14.6 Å². The predicted octanol–water partition coefficient (Wildman–Crippen LogP) is 1.52. The molecule has 1 atom stereocenters. The third-order valence-electron chi connectivity index (χ3n) is 3.57. The highest BCUT2D eigenvalue weighted by Crippen LogP contribution is 2.12. The van der Waals surface area contributed by atoms with Gasteiger partial charge in [-0.1, -0.05) is 0 Å². The Balaban J connectivity index is 4.64. The number of hydrogen-bond donors (Lipinski definition) is 3. The molecule has 3 N–H and O–H groups in total. The number of ether oxygens (including phenoxy) is 2. The molecule has 0 spiro atoms. The van der Waals surface area contributed by atoms with Crippen molar-refractivity contribution in [1.82, 2.24) is 15.5 Å². The number of nitrogens with one attached hydrogen (secondary N) is 2. The van der Waals surface area contributed by atoms with Gasteiger partial charge in [0, 0.05) is 26.1 Å². The van der Waals surface area contributed by atoms with Crippen molar-refractivity contribution in [2.45, 2.75) is 78.0 Å². The molecule has 0 aliphatic rings. The van der Waals surface area contributed by atoms with Gasteiger partial charge in [-0.25, -0.2) is 9.59 Å². The van der Waals surface area contributed by atoms with Gasteiger partial charge >= 0.3 is 18.0 Å². The number of carbonyl (C=O) groups excluding carboxylic acids is 3. The van der Waals surface area contributed by atoms with Crippen molar-refractivity contribution >= 4 is 23.9 Å². The second kappa shape index (κ2) is 12.4. The monoisotopic (exact) mass is 431 g/mol. The number of rotatable bonds is 11. The maximum atomic E-state index is 12.4. The summed E-state index contributed by atoms with van der Waals surface area (Å²) in [6, 6.07) is -1.02. The fourth-order valence-corrected chi connectivity index (χ4v) is 2.22. The summed E-state index contributed by atoms with van der Waals surface area (Å²) in [5, 5.41) is 13.8. The van der Waals surface area contributed by atoms with Crippen LogP contribution >= 0.6 is 0 Å². The lowest BCUT2D eigenvalue weighted by atomic mass is 10.1. The summed E-state index contributed by atoms with van der Waals surface area (Å²) in [4.78, 5) is 48.9. The van der Waals surface area contributed by atoms with Crippen LogP contribution in [0.5, 0.6) is 0 Å². The van der Waals surface area contributed by atoms with E-state index in [1.807, 2.05) is 0 Å². The average Bonchev–Trinajstić information content (AvgIpc) is 2.53. The van der Waals surface area contributed by atoms with Crippen molar-refractivity contribution in [3.63, 3.8) is 0 Å². The van der Waals surface area contributed by atoms with E-state index >= 15 is 0 Å².